The van der Waals surface area contributed by atoms with Crippen molar-refractivity contribution < 1.29 is 14.4 Å². The summed E-state index contributed by atoms with van der Waals surface area (Å²) >= 11 is 0. The van der Waals surface area contributed by atoms with Crippen molar-refractivity contribution >= 4 is 23.4 Å². The normalized spacial score (nSPS) is 17.5. The molecular weight excluding hydrogens is 378 g/mol. The van der Waals surface area contributed by atoms with Crippen molar-refractivity contribution in [1.29, 1.82) is 0 Å². The van der Waals surface area contributed by atoms with Gasteiger partial charge in [0.25, 0.3) is 11.8 Å². The molecule has 0 saturated carbocycles. The maximum atomic E-state index is 13.4. The third-order valence-electron chi connectivity index (χ3n) is 5.95. The summed E-state index contributed by atoms with van der Waals surface area (Å²) < 4.78 is 0. The Hall–Kier alpha value is -3.15. The van der Waals surface area contributed by atoms with Gasteiger partial charge >= 0.3 is 0 Å². The van der Waals surface area contributed by atoms with Crippen molar-refractivity contribution in [2.24, 2.45) is 5.92 Å². The zero-order valence-electron chi connectivity index (χ0n) is 17.7. The molecule has 1 fully saturated rings. The quantitative estimate of drug-likeness (QED) is 0.734. The van der Waals surface area contributed by atoms with Crippen molar-refractivity contribution in [2.45, 2.75) is 26.8 Å². The van der Waals surface area contributed by atoms with Crippen LogP contribution in [0.25, 0.3) is 0 Å². The van der Waals surface area contributed by atoms with Gasteiger partial charge in [0, 0.05) is 31.9 Å². The Balaban J connectivity index is 1.50. The van der Waals surface area contributed by atoms with Crippen LogP contribution in [0.15, 0.2) is 48.5 Å². The summed E-state index contributed by atoms with van der Waals surface area (Å²) in [6, 6.07) is 14.3. The van der Waals surface area contributed by atoms with Crippen molar-refractivity contribution in [1.82, 2.24) is 9.80 Å². The predicted octanol–water partition coefficient (Wildman–Crippen LogP) is 2.96. The maximum Gasteiger partial charge on any atom is 0.262 e. The molecule has 0 spiro atoms. The number of carbonyl (C=O) groups is 3. The lowest BCUT2D eigenvalue weighted by Gasteiger charge is -2.39. The van der Waals surface area contributed by atoms with Gasteiger partial charge in [-0.15, -0.1) is 0 Å². The first-order chi connectivity index (χ1) is 14.4. The molecule has 0 aromatic heterocycles. The topological polar surface area (TPSA) is 60.9 Å². The lowest BCUT2D eigenvalue weighted by atomic mass is 10.0. The van der Waals surface area contributed by atoms with Crippen molar-refractivity contribution in [3.8, 4) is 0 Å². The molecule has 1 unspecified atom stereocenters. The summed E-state index contributed by atoms with van der Waals surface area (Å²) in [4.78, 5) is 44.5. The van der Waals surface area contributed by atoms with E-state index in [0.717, 1.165) is 18.8 Å². The summed E-state index contributed by atoms with van der Waals surface area (Å²) in [5.74, 6) is -1.07. The van der Waals surface area contributed by atoms with Crippen LogP contribution >= 0.6 is 0 Å². The van der Waals surface area contributed by atoms with Crippen LogP contribution in [0.5, 0.6) is 0 Å². The van der Waals surface area contributed by atoms with E-state index in [1.807, 2.05) is 19.9 Å². The second-order valence-electron chi connectivity index (χ2n) is 8.37. The van der Waals surface area contributed by atoms with E-state index in [1.165, 1.54) is 10.5 Å². The number of carbonyl (C=O) groups excluding carboxylic acids is 3. The van der Waals surface area contributed by atoms with E-state index in [1.54, 1.807) is 29.2 Å². The van der Waals surface area contributed by atoms with E-state index in [-0.39, 0.29) is 23.6 Å². The lowest BCUT2D eigenvalue weighted by molar-refractivity contribution is -0.137. The molecule has 2 aliphatic heterocycles. The van der Waals surface area contributed by atoms with Crippen molar-refractivity contribution in [2.75, 3.05) is 31.1 Å². The minimum atomic E-state index is -0.789. The Morgan fingerprint density at radius 1 is 0.867 bits per heavy atom. The highest BCUT2D eigenvalue weighted by molar-refractivity contribution is 6.22. The van der Waals surface area contributed by atoms with E-state index < -0.39 is 6.04 Å². The zero-order chi connectivity index (χ0) is 21.4. The molecule has 0 radical (unpaired) electrons. The molecule has 0 aliphatic carbocycles. The monoisotopic (exact) mass is 405 g/mol. The Morgan fingerprint density at radius 2 is 1.47 bits per heavy atom. The zero-order valence-corrected chi connectivity index (χ0v) is 17.7. The van der Waals surface area contributed by atoms with Gasteiger partial charge in [0.2, 0.25) is 5.91 Å². The Bertz CT molecular complexity index is 958. The van der Waals surface area contributed by atoms with Gasteiger partial charge in [-0.2, -0.15) is 0 Å². The number of fused-ring (bicyclic) bond motifs is 1. The summed E-state index contributed by atoms with van der Waals surface area (Å²) in [7, 11) is 0. The third kappa shape index (κ3) is 3.47. The van der Waals surface area contributed by atoms with E-state index in [2.05, 4.69) is 30.0 Å². The van der Waals surface area contributed by atoms with Crippen LogP contribution in [0.2, 0.25) is 0 Å². The summed E-state index contributed by atoms with van der Waals surface area (Å²) in [6.07, 6.45) is 0. The molecule has 6 heteroatoms. The van der Waals surface area contributed by atoms with Crippen LogP contribution in [0.1, 0.15) is 40.1 Å². The highest BCUT2D eigenvalue weighted by atomic mass is 16.2. The highest BCUT2D eigenvalue weighted by Gasteiger charge is 2.45. The van der Waals surface area contributed by atoms with Gasteiger partial charge in [0.15, 0.2) is 0 Å². The van der Waals surface area contributed by atoms with Gasteiger partial charge in [0.1, 0.15) is 6.04 Å². The molecule has 2 aromatic carbocycles. The number of hydrogen-bond acceptors (Lipinski definition) is 4. The number of aryl methyl sites for hydroxylation is 1. The van der Waals surface area contributed by atoms with Gasteiger partial charge in [0.05, 0.1) is 11.1 Å². The number of benzene rings is 2. The first kappa shape index (κ1) is 20.1. The van der Waals surface area contributed by atoms with Gasteiger partial charge in [-0.1, -0.05) is 38.1 Å². The molecule has 1 atom stereocenters. The second-order valence-corrected chi connectivity index (χ2v) is 8.37. The molecular formula is C24H27N3O3. The highest BCUT2D eigenvalue weighted by Crippen LogP contribution is 2.28. The predicted molar refractivity (Wildman–Crippen MR) is 116 cm³/mol. The van der Waals surface area contributed by atoms with E-state index in [9.17, 15) is 14.4 Å². The Morgan fingerprint density at radius 3 is 2.00 bits per heavy atom. The maximum absolute atomic E-state index is 13.4. The Labute approximate surface area is 177 Å². The first-order valence-corrected chi connectivity index (χ1v) is 10.5. The average molecular weight is 405 g/mol. The molecule has 1 saturated heterocycles. The van der Waals surface area contributed by atoms with Crippen molar-refractivity contribution in [3.63, 3.8) is 0 Å². The minimum Gasteiger partial charge on any atom is -0.368 e. The summed E-state index contributed by atoms with van der Waals surface area (Å²) in [5, 5.41) is 0. The molecule has 2 aliphatic rings. The molecule has 6 nitrogen and oxygen atoms in total. The fourth-order valence-corrected chi connectivity index (χ4v) is 4.35. The fourth-order valence-electron chi connectivity index (χ4n) is 4.35. The van der Waals surface area contributed by atoms with Gasteiger partial charge in [-0.05, 0) is 42.7 Å². The number of anilines is 1. The number of piperazine rings is 1. The smallest absolute Gasteiger partial charge is 0.262 e. The van der Waals surface area contributed by atoms with Gasteiger partial charge in [-0.3, -0.25) is 19.3 Å². The SMILES string of the molecule is Cc1cccc(N2CCN(C(=O)C(C(C)C)N3C(=O)c4ccccc4C3=O)CC2)c1. The average Bonchev–Trinajstić information content (AvgIpc) is 2.99. The van der Waals surface area contributed by atoms with Crippen LogP contribution in [-0.2, 0) is 4.79 Å². The van der Waals surface area contributed by atoms with Crippen LogP contribution in [0, 0.1) is 12.8 Å². The lowest BCUT2D eigenvalue weighted by Crippen LogP contribution is -2.57. The number of hydrogen-bond donors (Lipinski definition) is 0. The molecule has 3 amide bonds. The molecule has 2 aromatic rings. The number of rotatable bonds is 4. The molecule has 2 heterocycles. The fraction of sp³-hybridized carbons (Fsp3) is 0.375. The van der Waals surface area contributed by atoms with Crippen LogP contribution < -0.4 is 4.90 Å². The summed E-state index contributed by atoms with van der Waals surface area (Å²) in [6.45, 7) is 8.42. The molecule has 156 valence electrons. The van der Waals surface area contributed by atoms with Gasteiger partial charge < -0.3 is 9.80 Å². The van der Waals surface area contributed by atoms with Gasteiger partial charge in [-0.25, -0.2) is 0 Å². The number of amides is 3. The molecule has 4 rings (SSSR count). The van der Waals surface area contributed by atoms with Crippen molar-refractivity contribution in [3.05, 3.63) is 65.2 Å². The van der Waals surface area contributed by atoms with Crippen LogP contribution in [0.3, 0.4) is 0 Å². The Kier molecular flexibility index (Phi) is 5.33. The first-order valence-electron chi connectivity index (χ1n) is 10.5. The number of imide groups is 1. The largest absolute Gasteiger partial charge is 0.368 e. The molecule has 0 N–H and O–H groups in total. The van der Waals surface area contributed by atoms with Crippen LogP contribution in [0.4, 0.5) is 5.69 Å². The third-order valence-corrected chi connectivity index (χ3v) is 5.95. The molecule has 0 bridgehead atoms. The van der Waals surface area contributed by atoms with Crippen LogP contribution in [-0.4, -0.2) is 59.7 Å². The van der Waals surface area contributed by atoms with E-state index in [4.69, 9.17) is 0 Å². The second kappa shape index (κ2) is 7.94. The minimum absolute atomic E-state index is 0.150. The molecule has 30 heavy (non-hydrogen) atoms. The standard InChI is InChI=1S/C24H27N3O3/c1-16(2)21(27-22(28)19-9-4-5-10-20(19)23(27)29)24(30)26-13-11-25(12-14-26)18-8-6-7-17(3)15-18/h4-10,15-16,21H,11-14H2,1-3H3. The number of nitrogens with zero attached hydrogens (tertiary/aromatic N) is 3. The summed E-state index contributed by atoms with van der Waals surface area (Å²) in [5.41, 5.74) is 3.12. The van der Waals surface area contributed by atoms with E-state index in [0.29, 0.717) is 24.2 Å². The van der Waals surface area contributed by atoms with E-state index >= 15 is 0 Å².